The minimum atomic E-state index is -0.321. The fraction of sp³-hybridized carbons (Fsp3) is 0.632. The summed E-state index contributed by atoms with van der Waals surface area (Å²) in [6.07, 6.45) is 9.70. The van der Waals surface area contributed by atoms with Crippen molar-refractivity contribution in [2.45, 2.75) is 52.4 Å². The van der Waals surface area contributed by atoms with Gasteiger partial charge in [-0.25, -0.2) is 0 Å². The molecule has 0 spiro atoms. The van der Waals surface area contributed by atoms with Gasteiger partial charge in [0.2, 0.25) is 5.91 Å². The highest BCUT2D eigenvalue weighted by atomic mass is 16.2. The van der Waals surface area contributed by atoms with E-state index in [-0.39, 0.29) is 28.1 Å². The third-order valence-electron chi connectivity index (χ3n) is 6.32. The van der Waals surface area contributed by atoms with Gasteiger partial charge in [-0.3, -0.25) is 25.4 Å². The number of nitrogens with one attached hydrogen (secondary N) is 2. The Morgan fingerprint density at radius 3 is 2.38 bits per heavy atom. The van der Waals surface area contributed by atoms with E-state index >= 15 is 0 Å². The molecule has 4 bridgehead atoms. The molecule has 4 saturated carbocycles. The van der Waals surface area contributed by atoms with Crippen LogP contribution in [0.25, 0.3) is 0 Å². The zero-order chi connectivity index (χ0) is 17.0. The zero-order valence-corrected chi connectivity index (χ0v) is 14.4. The van der Waals surface area contributed by atoms with E-state index < -0.39 is 0 Å². The van der Waals surface area contributed by atoms with E-state index in [2.05, 4.69) is 29.7 Å². The molecule has 0 aliphatic heterocycles. The summed E-state index contributed by atoms with van der Waals surface area (Å²) in [6.45, 7) is 4.68. The molecule has 5 rings (SSSR count). The minimum Gasteiger partial charge on any atom is -0.273 e. The van der Waals surface area contributed by atoms with E-state index in [1.54, 1.807) is 18.3 Å². The van der Waals surface area contributed by atoms with Gasteiger partial charge >= 0.3 is 0 Å². The Morgan fingerprint density at radius 1 is 1.08 bits per heavy atom. The number of rotatable bonds is 2. The van der Waals surface area contributed by atoms with Crippen LogP contribution in [0.2, 0.25) is 0 Å². The highest BCUT2D eigenvalue weighted by Crippen LogP contribution is 2.69. The van der Waals surface area contributed by atoms with Crippen LogP contribution in [-0.2, 0) is 4.79 Å². The van der Waals surface area contributed by atoms with E-state index in [0.717, 1.165) is 19.3 Å². The van der Waals surface area contributed by atoms with Gasteiger partial charge in [-0.05, 0) is 67.4 Å². The van der Waals surface area contributed by atoms with Gasteiger partial charge in [-0.1, -0.05) is 13.8 Å². The summed E-state index contributed by atoms with van der Waals surface area (Å²) in [5.41, 5.74) is 5.96. The highest BCUT2D eigenvalue weighted by molar-refractivity contribution is 5.95. The second-order valence-electron chi connectivity index (χ2n) is 9.06. The van der Waals surface area contributed by atoms with Crippen LogP contribution in [0.4, 0.5) is 0 Å². The summed E-state index contributed by atoms with van der Waals surface area (Å²) in [4.78, 5) is 29.0. The van der Waals surface area contributed by atoms with Gasteiger partial charge in [0.05, 0.1) is 11.0 Å². The molecular weight excluding hydrogens is 302 g/mol. The van der Waals surface area contributed by atoms with Gasteiger partial charge in [-0.15, -0.1) is 0 Å². The SMILES string of the molecule is C[C@]12CC3CC(C(=O)NNC(=O)c4cccnc4)(C1)C[C@@](C)(C3)C2. The van der Waals surface area contributed by atoms with E-state index in [1.807, 2.05) is 0 Å². The second-order valence-corrected chi connectivity index (χ2v) is 9.06. The van der Waals surface area contributed by atoms with Crippen LogP contribution in [0.5, 0.6) is 0 Å². The normalized spacial score (nSPS) is 39.5. The van der Waals surface area contributed by atoms with Crippen LogP contribution < -0.4 is 10.9 Å². The monoisotopic (exact) mass is 327 g/mol. The Bertz CT molecular complexity index is 669. The number of amides is 2. The van der Waals surface area contributed by atoms with Crippen molar-refractivity contribution >= 4 is 11.8 Å². The van der Waals surface area contributed by atoms with E-state index in [0.29, 0.717) is 11.5 Å². The standard InChI is InChI=1S/C19H25N3O2/c1-17-6-13-7-18(2,10-17)12-19(8-13,11-17)16(24)22-21-15(23)14-4-3-5-20-9-14/h3-5,9,13H,6-8,10-12H2,1-2H3,(H,21,23)(H,22,24)/t13?,17-,18+,19?. The Labute approximate surface area is 142 Å². The molecule has 1 aromatic heterocycles. The summed E-state index contributed by atoms with van der Waals surface area (Å²) >= 11 is 0. The van der Waals surface area contributed by atoms with Crippen LogP contribution in [0.15, 0.2) is 24.5 Å². The fourth-order valence-electron chi connectivity index (χ4n) is 6.52. The lowest BCUT2D eigenvalue weighted by atomic mass is 9.40. The van der Waals surface area contributed by atoms with Gasteiger partial charge < -0.3 is 0 Å². The van der Waals surface area contributed by atoms with Gasteiger partial charge in [0, 0.05) is 12.4 Å². The maximum absolute atomic E-state index is 13.0. The number of hydrogen-bond acceptors (Lipinski definition) is 3. The third-order valence-corrected chi connectivity index (χ3v) is 6.32. The predicted molar refractivity (Wildman–Crippen MR) is 89.7 cm³/mol. The fourth-order valence-corrected chi connectivity index (χ4v) is 6.52. The van der Waals surface area contributed by atoms with Crippen molar-refractivity contribution in [3.8, 4) is 0 Å². The van der Waals surface area contributed by atoms with Gasteiger partial charge in [-0.2, -0.15) is 0 Å². The lowest BCUT2D eigenvalue weighted by Gasteiger charge is -2.64. The molecule has 5 nitrogen and oxygen atoms in total. The van der Waals surface area contributed by atoms with Gasteiger partial charge in [0.1, 0.15) is 0 Å². The first-order chi connectivity index (χ1) is 11.3. The lowest BCUT2D eigenvalue weighted by Crippen LogP contribution is -2.61. The maximum Gasteiger partial charge on any atom is 0.271 e. The molecular formula is C19H25N3O2. The molecule has 0 aromatic carbocycles. The van der Waals surface area contributed by atoms with Crippen molar-refractivity contribution in [3.63, 3.8) is 0 Å². The largest absolute Gasteiger partial charge is 0.273 e. The average Bonchev–Trinajstić information content (AvgIpc) is 2.49. The number of pyridine rings is 1. The highest BCUT2D eigenvalue weighted by Gasteiger charge is 2.62. The summed E-state index contributed by atoms with van der Waals surface area (Å²) in [5.74, 6) is 0.316. The molecule has 2 N–H and O–H groups in total. The minimum absolute atomic E-state index is 0.0127. The third kappa shape index (κ3) is 2.50. The molecule has 4 atom stereocenters. The molecule has 0 radical (unpaired) electrons. The molecule has 4 fully saturated rings. The molecule has 24 heavy (non-hydrogen) atoms. The number of hydrazine groups is 1. The van der Waals surface area contributed by atoms with E-state index in [9.17, 15) is 9.59 Å². The number of nitrogens with zero attached hydrogens (tertiary/aromatic N) is 1. The Balaban J connectivity index is 1.48. The molecule has 1 heterocycles. The van der Waals surface area contributed by atoms with Crippen LogP contribution in [0.3, 0.4) is 0 Å². The molecule has 2 unspecified atom stereocenters. The van der Waals surface area contributed by atoms with Crippen LogP contribution in [-0.4, -0.2) is 16.8 Å². The second kappa shape index (κ2) is 5.04. The first-order valence-electron chi connectivity index (χ1n) is 8.83. The zero-order valence-electron chi connectivity index (χ0n) is 14.4. The summed E-state index contributed by atoms with van der Waals surface area (Å²) < 4.78 is 0. The van der Waals surface area contributed by atoms with Crippen molar-refractivity contribution in [3.05, 3.63) is 30.1 Å². The number of carbonyl (C=O) groups is 2. The summed E-state index contributed by atoms with van der Waals surface area (Å²) in [6, 6.07) is 3.39. The predicted octanol–water partition coefficient (Wildman–Crippen LogP) is 2.84. The van der Waals surface area contributed by atoms with Crippen LogP contribution in [0.1, 0.15) is 62.7 Å². The molecule has 0 saturated heterocycles. The van der Waals surface area contributed by atoms with Crippen molar-refractivity contribution in [2.24, 2.45) is 22.2 Å². The van der Waals surface area contributed by atoms with Crippen molar-refractivity contribution in [1.29, 1.82) is 0 Å². The van der Waals surface area contributed by atoms with E-state index in [4.69, 9.17) is 0 Å². The molecule has 4 aliphatic rings. The van der Waals surface area contributed by atoms with Crippen molar-refractivity contribution in [2.75, 3.05) is 0 Å². The maximum atomic E-state index is 13.0. The molecule has 1 aromatic rings. The quantitative estimate of drug-likeness (QED) is 0.821. The first kappa shape index (κ1) is 15.6. The van der Waals surface area contributed by atoms with Crippen molar-refractivity contribution < 1.29 is 9.59 Å². The number of hydrogen-bond donors (Lipinski definition) is 2. The summed E-state index contributed by atoms with van der Waals surface area (Å²) in [7, 11) is 0. The van der Waals surface area contributed by atoms with Crippen LogP contribution in [0, 0.1) is 22.2 Å². The topological polar surface area (TPSA) is 71.1 Å². The Kier molecular flexibility index (Phi) is 3.28. The number of carbonyl (C=O) groups excluding carboxylic acids is 2. The Hall–Kier alpha value is -1.91. The van der Waals surface area contributed by atoms with Crippen LogP contribution >= 0.6 is 0 Å². The smallest absolute Gasteiger partial charge is 0.271 e. The molecule has 2 amide bonds. The van der Waals surface area contributed by atoms with Crippen molar-refractivity contribution in [1.82, 2.24) is 15.8 Å². The summed E-state index contributed by atoms with van der Waals surface area (Å²) in [5, 5.41) is 0. The molecule has 4 aliphatic carbocycles. The van der Waals surface area contributed by atoms with E-state index in [1.165, 1.54) is 25.5 Å². The van der Waals surface area contributed by atoms with Gasteiger partial charge in [0.25, 0.3) is 5.91 Å². The lowest BCUT2D eigenvalue weighted by molar-refractivity contribution is -0.170. The number of aromatic nitrogens is 1. The first-order valence-corrected chi connectivity index (χ1v) is 8.83. The molecule has 128 valence electrons. The molecule has 5 heteroatoms. The van der Waals surface area contributed by atoms with Gasteiger partial charge in [0.15, 0.2) is 0 Å². The average molecular weight is 327 g/mol. The Morgan fingerprint density at radius 2 is 1.79 bits per heavy atom.